The van der Waals surface area contributed by atoms with E-state index in [1.165, 1.54) is 61.3 Å². The summed E-state index contributed by atoms with van der Waals surface area (Å²) < 4.78 is 21.6. The standard InChI is InChI=1S/C45H38N2O/c1-25(2)34-23-39-42-37(20-19-32-31-18-17-30-22-28(5)29(6)41(30)43(31)48-44(32)42)45(47(39)24-35(34)40-26(3)12-11-13-27(40)4)36-15-8-7-14-33(36)38-16-9-10-21-46(38)45/h7-21,23-25H,22H2,1-6H3/q+2/i25D. The molecule has 3 nitrogen and oxygen atoms in total. The Morgan fingerprint density at radius 1 is 0.688 bits per heavy atom. The van der Waals surface area contributed by atoms with Gasteiger partial charge in [-0.2, -0.15) is 0 Å². The second-order valence-electron chi connectivity index (χ2n) is 14.3. The summed E-state index contributed by atoms with van der Waals surface area (Å²) in [6, 6.07) is 33.4. The minimum atomic E-state index is -0.851. The average molecular weight is 624 g/mol. The topological polar surface area (TPSA) is 20.9 Å². The van der Waals surface area contributed by atoms with E-state index in [1.54, 1.807) is 0 Å². The number of aromatic nitrogens is 2. The molecular weight excluding hydrogens is 585 g/mol. The van der Waals surface area contributed by atoms with E-state index in [2.05, 4.69) is 140 Å². The Hall–Kier alpha value is -5.28. The molecule has 1 unspecified atom stereocenters. The molecule has 4 aromatic carbocycles. The quantitative estimate of drug-likeness (QED) is 0.176. The molecule has 2 aliphatic heterocycles. The third kappa shape index (κ3) is 3.24. The van der Waals surface area contributed by atoms with E-state index >= 15 is 0 Å². The molecule has 0 bridgehead atoms. The van der Waals surface area contributed by atoms with E-state index in [9.17, 15) is 1.37 Å². The van der Waals surface area contributed by atoms with E-state index in [0.717, 1.165) is 50.7 Å². The van der Waals surface area contributed by atoms with Gasteiger partial charge in [-0.3, -0.25) is 0 Å². The minimum Gasteiger partial charge on any atom is -0.454 e. The number of nitrogens with zero attached hydrogens (tertiary/aromatic N) is 2. The van der Waals surface area contributed by atoms with E-state index in [-0.39, 0.29) is 0 Å². The average Bonchev–Trinajstić information content (AvgIpc) is 3.78. The highest BCUT2D eigenvalue weighted by Gasteiger charge is 2.67. The van der Waals surface area contributed by atoms with Gasteiger partial charge >= 0.3 is 5.66 Å². The van der Waals surface area contributed by atoms with Crippen LogP contribution in [0.2, 0.25) is 0 Å². The van der Waals surface area contributed by atoms with Crippen molar-refractivity contribution in [3.05, 3.63) is 148 Å². The van der Waals surface area contributed by atoms with Crippen molar-refractivity contribution in [1.29, 1.82) is 0 Å². The summed E-state index contributed by atoms with van der Waals surface area (Å²) in [5.41, 5.74) is 19.3. The Morgan fingerprint density at radius 3 is 2.21 bits per heavy atom. The first-order valence-corrected chi connectivity index (χ1v) is 17.1. The normalized spacial score (nSPS) is 17.6. The van der Waals surface area contributed by atoms with Crippen molar-refractivity contribution in [1.82, 2.24) is 0 Å². The Kier molecular flexibility index (Phi) is 5.25. The van der Waals surface area contributed by atoms with Crippen LogP contribution in [-0.4, -0.2) is 0 Å². The Bertz CT molecular complexity index is 2600. The first-order chi connectivity index (χ1) is 23.6. The summed E-state index contributed by atoms with van der Waals surface area (Å²) >= 11 is 0. The van der Waals surface area contributed by atoms with Crippen LogP contribution >= 0.6 is 0 Å². The second-order valence-corrected chi connectivity index (χ2v) is 14.3. The van der Waals surface area contributed by atoms with Gasteiger partial charge in [0.15, 0.2) is 12.4 Å². The fraction of sp³-hybridized carbons (Fsp3) is 0.200. The van der Waals surface area contributed by atoms with Gasteiger partial charge in [-0.25, -0.2) is 0 Å². The summed E-state index contributed by atoms with van der Waals surface area (Å²) in [4.78, 5) is 0. The monoisotopic (exact) mass is 623 g/mol. The Balaban J connectivity index is 1.42. The van der Waals surface area contributed by atoms with Crippen molar-refractivity contribution < 1.29 is 14.9 Å². The molecular formula is C45H38N2O+2. The molecule has 0 saturated heterocycles. The molecule has 0 fully saturated rings. The largest absolute Gasteiger partial charge is 0.454 e. The lowest BCUT2D eigenvalue weighted by molar-refractivity contribution is -0.954. The molecule has 0 radical (unpaired) electrons. The van der Waals surface area contributed by atoms with Gasteiger partial charge in [-0.05, 0) is 104 Å². The zero-order chi connectivity index (χ0) is 33.6. The van der Waals surface area contributed by atoms with Crippen molar-refractivity contribution in [3.8, 4) is 33.6 Å². The highest BCUT2D eigenvalue weighted by Crippen LogP contribution is 2.52. The molecule has 1 aliphatic carbocycles. The number of benzene rings is 4. The van der Waals surface area contributed by atoms with Gasteiger partial charge in [0.05, 0.1) is 11.1 Å². The molecule has 1 spiro atoms. The third-order valence-corrected chi connectivity index (χ3v) is 11.5. The van der Waals surface area contributed by atoms with Gasteiger partial charge in [-0.15, -0.1) is 9.13 Å². The van der Waals surface area contributed by atoms with E-state index in [0.29, 0.717) is 0 Å². The lowest BCUT2D eigenvalue weighted by Crippen LogP contribution is -2.71. The number of fused-ring (bicyclic) bond motifs is 16. The molecule has 0 amide bonds. The van der Waals surface area contributed by atoms with Gasteiger partial charge in [0.25, 0.3) is 0 Å². The van der Waals surface area contributed by atoms with Crippen LogP contribution in [0, 0.1) is 13.8 Å². The number of hydrogen-bond donors (Lipinski definition) is 0. The molecule has 0 N–H and O–H groups in total. The van der Waals surface area contributed by atoms with Crippen LogP contribution < -0.4 is 9.13 Å². The molecule has 1 atom stereocenters. The predicted molar refractivity (Wildman–Crippen MR) is 194 cm³/mol. The van der Waals surface area contributed by atoms with Crippen molar-refractivity contribution in [2.45, 2.75) is 59.5 Å². The Labute approximate surface area is 282 Å². The molecule has 3 aliphatic rings. The first kappa shape index (κ1) is 26.8. The second kappa shape index (κ2) is 9.41. The molecule has 232 valence electrons. The zero-order valence-corrected chi connectivity index (χ0v) is 28.3. The molecule has 48 heavy (non-hydrogen) atoms. The van der Waals surface area contributed by atoms with Gasteiger partial charge < -0.3 is 4.42 Å². The first-order valence-electron chi connectivity index (χ1n) is 17.6. The number of furan rings is 1. The van der Waals surface area contributed by atoms with Crippen LogP contribution in [0.4, 0.5) is 0 Å². The minimum absolute atomic E-state index is 0.685. The van der Waals surface area contributed by atoms with Crippen molar-refractivity contribution in [2.24, 2.45) is 0 Å². The van der Waals surface area contributed by atoms with E-state index in [4.69, 9.17) is 4.42 Å². The SMILES string of the molecule is [2H]C(C)(C)c1cc2[n+](cc1-c1c(C)cccc1C)C1(c3ccccc3-c3cccc[n+]31)c1ccc3c(oc4c5c(ccc43)CC(C)=C5C)c1-2. The van der Waals surface area contributed by atoms with Crippen LogP contribution in [0.25, 0.3) is 61.2 Å². The van der Waals surface area contributed by atoms with Crippen LogP contribution in [0.5, 0.6) is 0 Å². The fourth-order valence-electron chi connectivity index (χ4n) is 9.28. The summed E-state index contributed by atoms with van der Waals surface area (Å²) in [7, 11) is 0. The summed E-state index contributed by atoms with van der Waals surface area (Å²) in [6.45, 7) is 12.9. The van der Waals surface area contributed by atoms with Crippen LogP contribution in [0.15, 0.2) is 113 Å². The number of aryl methyl sites for hydroxylation is 2. The van der Waals surface area contributed by atoms with Crippen molar-refractivity contribution in [3.63, 3.8) is 0 Å². The van der Waals surface area contributed by atoms with E-state index < -0.39 is 11.6 Å². The molecule has 3 heteroatoms. The maximum Gasteiger partial charge on any atom is 0.417 e. The zero-order valence-electron chi connectivity index (χ0n) is 29.3. The number of hydrogen-bond acceptors (Lipinski definition) is 1. The molecule has 7 aromatic rings. The summed E-state index contributed by atoms with van der Waals surface area (Å²) in [6.07, 6.45) is 5.56. The highest BCUT2D eigenvalue weighted by molar-refractivity contribution is 6.13. The molecule has 10 rings (SSSR count). The van der Waals surface area contributed by atoms with Crippen molar-refractivity contribution in [2.75, 3.05) is 0 Å². The Morgan fingerprint density at radius 2 is 1.42 bits per heavy atom. The van der Waals surface area contributed by atoms with Gasteiger partial charge in [0.1, 0.15) is 27.9 Å². The highest BCUT2D eigenvalue weighted by atomic mass is 16.3. The third-order valence-electron chi connectivity index (χ3n) is 11.5. The van der Waals surface area contributed by atoms with Gasteiger partial charge in [0, 0.05) is 35.9 Å². The maximum atomic E-state index is 9.52. The van der Waals surface area contributed by atoms with Crippen LogP contribution in [-0.2, 0) is 12.1 Å². The predicted octanol–water partition coefficient (Wildman–Crippen LogP) is 10.2. The summed E-state index contributed by atoms with van der Waals surface area (Å²) in [5.74, 6) is -0.851. The number of allylic oxidation sites excluding steroid dienone is 2. The maximum absolute atomic E-state index is 9.52. The summed E-state index contributed by atoms with van der Waals surface area (Å²) in [5, 5.41) is 2.29. The smallest absolute Gasteiger partial charge is 0.417 e. The van der Waals surface area contributed by atoms with E-state index in [1.807, 2.05) is 13.8 Å². The number of pyridine rings is 2. The van der Waals surface area contributed by atoms with Crippen LogP contribution in [0.1, 0.15) is 73.9 Å². The van der Waals surface area contributed by atoms with Crippen LogP contribution in [0.3, 0.4) is 0 Å². The molecule has 5 heterocycles. The van der Waals surface area contributed by atoms with Gasteiger partial charge in [0.2, 0.25) is 11.4 Å². The molecule has 0 saturated carbocycles. The fourth-order valence-corrected chi connectivity index (χ4v) is 9.28. The van der Waals surface area contributed by atoms with Gasteiger partial charge in [-0.1, -0.05) is 61.9 Å². The molecule has 3 aromatic heterocycles. The number of rotatable bonds is 2. The lowest BCUT2D eigenvalue weighted by Gasteiger charge is -2.20. The lowest BCUT2D eigenvalue weighted by atomic mass is 9.88. The van der Waals surface area contributed by atoms with Crippen molar-refractivity contribution >= 4 is 27.5 Å².